The molecule has 4 aromatic heterocycles. The van der Waals surface area contributed by atoms with E-state index in [1.54, 1.807) is 0 Å². The van der Waals surface area contributed by atoms with E-state index in [1.807, 2.05) is 35.6 Å². The van der Waals surface area contributed by atoms with Crippen LogP contribution in [0.25, 0.3) is 103 Å². The summed E-state index contributed by atoms with van der Waals surface area (Å²) in [7, 11) is 0. The molecule has 0 fully saturated rings. The van der Waals surface area contributed by atoms with E-state index < -0.39 is 0 Å². The zero-order valence-corrected chi connectivity index (χ0v) is 33.9. The molecule has 7 heteroatoms. The van der Waals surface area contributed by atoms with Gasteiger partial charge in [0, 0.05) is 82.0 Å². The second kappa shape index (κ2) is 11.3. The van der Waals surface area contributed by atoms with E-state index in [0.29, 0.717) is 5.89 Å². The van der Waals surface area contributed by atoms with Crippen LogP contribution in [0.5, 0.6) is 0 Å². The first-order chi connectivity index (χ1) is 29.4. The Morgan fingerprint density at radius 2 is 1.37 bits per heavy atom. The normalized spacial score (nSPS) is 13.5. The second-order valence-corrected chi connectivity index (χ2v) is 18.6. The molecule has 2 aliphatic rings. The number of aromatic nitrogens is 2. The number of benzene rings is 8. The Bertz CT molecular complexity index is 3830. The summed E-state index contributed by atoms with van der Waals surface area (Å²) in [4.78, 5) is 7.77. The highest BCUT2D eigenvalue weighted by molar-refractivity contribution is 7.25. The fraction of sp³-hybridized carbons (Fsp3) is 0.0755. The summed E-state index contributed by atoms with van der Waals surface area (Å²) >= 11 is 1.88. The van der Waals surface area contributed by atoms with Crippen molar-refractivity contribution in [3.05, 3.63) is 157 Å². The molecule has 0 saturated heterocycles. The predicted octanol–water partition coefficient (Wildman–Crippen LogP) is 13.4. The van der Waals surface area contributed by atoms with E-state index in [-0.39, 0.29) is 12.3 Å². The molecule has 12 aromatic rings. The summed E-state index contributed by atoms with van der Waals surface area (Å²) in [5.74, 6) is 0.619. The maximum absolute atomic E-state index is 6.65. The van der Waals surface area contributed by atoms with Crippen LogP contribution in [-0.2, 0) is 5.41 Å². The predicted molar refractivity (Wildman–Crippen MR) is 252 cm³/mol. The molecule has 5 nitrogen and oxygen atoms in total. The Balaban J connectivity index is 1.14. The Morgan fingerprint density at radius 1 is 0.567 bits per heavy atom. The molecule has 6 heterocycles. The van der Waals surface area contributed by atoms with E-state index in [9.17, 15) is 0 Å². The van der Waals surface area contributed by atoms with Gasteiger partial charge in [-0.2, -0.15) is 0 Å². The molecule has 0 N–H and O–H groups in total. The van der Waals surface area contributed by atoms with Crippen molar-refractivity contribution in [3.63, 3.8) is 0 Å². The molecular formula is C53H34BN3O2S. The fourth-order valence-corrected chi connectivity index (χ4v) is 11.5. The monoisotopic (exact) mass is 787 g/mol. The number of oxazole rings is 1. The zero-order valence-electron chi connectivity index (χ0n) is 33.1. The number of anilines is 2. The molecule has 0 radical (unpaired) electrons. The molecule has 2 aliphatic heterocycles. The SMILES string of the molecule is CC(C)(C)c1ccc(N2B3c4cc5nc(-c6ccccc6)oc5cc4-n4c5cc6oc7ccccc7c6cc5c5ccc(c3c54)-c3cc4sc5ccccc5c4cc32)cc1. The standard InChI is InChI=1S/C53H34BN3O2S/c1-53(2,3)30-17-19-31(20-18-30)57-43-24-39-33-14-8-10-16-48(33)60-49(39)25-37(43)34-21-22-35-36-23-38-32-13-7-9-15-45(32)58-46(38)27-42(36)56-44-28-47-41(26-40(44)54(57)50(34)51(35)56)55-52(59-47)29-11-5-4-6-12-29/h4-28H,1-3H3. The number of fused-ring (bicyclic) bond motifs is 15. The topological polar surface area (TPSA) is 47.3 Å². The maximum atomic E-state index is 6.65. The van der Waals surface area contributed by atoms with Gasteiger partial charge in [-0.1, -0.05) is 99.6 Å². The van der Waals surface area contributed by atoms with Crippen LogP contribution in [0.1, 0.15) is 26.3 Å². The molecule has 0 atom stereocenters. The van der Waals surface area contributed by atoms with E-state index in [2.05, 4.69) is 158 Å². The Kier molecular flexibility index (Phi) is 6.21. The molecule has 0 amide bonds. The second-order valence-electron chi connectivity index (χ2n) is 17.5. The van der Waals surface area contributed by atoms with Crippen molar-refractivity contribution in [1.82, 2.24) is 9.55 Å². The lowest BCUT2D eigenvalue weighted by Gasteiger charge is -2.42. The summed E-state index contributed by atoms with van der Waals surface area (Å²) < 4.78 is 18.3. The minimum atomic E-state index is -0.157. The van der Waals surface area contributed by atoms with Gasteiger partial charge >= 0.3 is 6.85 Å². The van der Waals surface area contributed by atoms with Gasteiger partial charge in [0.05, 0.1) is 11.0 Å². The average Bonchev–Trinajstić information content (AvgIpc) is 4.04. The van der Waals surface area contributed by atoms with E-state index >= 15 is 0 Å². The lowest BCUT2D eigenvalue weighted by molar-refractivity contribution is 0.590. The number of nitrogens with zero attached hydrogens (tertiary/aromatic N) is 3. The molecule has 8 aromatic carbocycles. The number of hydrogen-bond donors (Lipinski definition) is 0. The van der Waals surface area contributed by atoms with Crippen molar-refractivity contribution in [2.24, 2.45) is 0 Å². The third-order valence-electron chi connectivity index (χ3n) is 13.1. The van der Waals surface area contributed by atoms with Crippen molar-refractivity contribution in [2.75, 3.05) is 4.81 Å². The van der Waals surface area contributed by atoms with Gasteiger partial charge in [0.1, 0.15) is 16.7 Å². The van der Waals surface area contributed by atoms with Crippen LogP contribution >= 0.6 is 11.3 Å². The smallest absolute Gasteiger partial charge is 0.333 e. The largest absolute Gasteiger partial charge is 0.456 e. The van der Waals surface area contributed by atoms with Crippen LogP contribution < -0.4 is 15.7 Å². The minimum Gasteiger partial charge on any atom is -0.456 e. The number of rotatable bonds is 2. The lowest BCUT2D eigenvalue weighted by atomic mass is 9.44. The number of furan rings is 1. The first kappa shape index (κ1) is 32.8. The molecule has 0 bridgehead atoms. The molecular weight excluding hydrogens is 753 g/mol. The molecule has 282 valence electrons. The van der Waals surface area contributed by atoms with Gasteiger partial charge in [-0.25, -0.2) is 4.98 Å². The molecule has 14 rings (SSSR count). The van der Waals surface area contributed by atoms with Gasteiger partial charge in [0.15, 0.2) is 5.58 Å². The van der Waals surface area contributed by atoms with Crippen molar-refractivity contribution in [2.45, 2.75) is 26.2 Å². The Labute approximate surface area is 348 Å². The van der Waals surface area contributed by atoms with Crippen LogP contribution in [0, 0.1) is 0 Å². The van der Waals surface area contributed by atoms with Crippen molar-refractivity contribution < 1.29 is 8.83 Å². The summed E-state index contributed by atoms with van der Waals surface area (Å²) in [5.41, 5.74) is 16.4. The number of hydrogen-bond acceptors (Lipinski definition) is 5. The molecule has 0 aliphatic carbocycles. The third-order valence-corrected chi connectivity index (χ3v) is 14.3. The van der Waals surface area contributed by atoms with Crippen LogP contribution in [0.4, 0.5) is 11.4 Å². The van der Waals surface area contributed by atoms with Crippen molar-refractivity contribution in [1.29, 1.82) is 0 Å². The van der Waals surface area contributed by atoms with Crippen LogP contribution in [0.2, 0.25) is 0 Å². The van der Waals surface area contributed by atoms with E-state index in [4.69, 9.17) is 13.8 Å². The highest BCUT2D eigenvalue weighted by Crippen LogP contribution is 2.49. The average molecular weight is 788 g/mol. The Morgan fingerprint density at radius 3 is 2.22 bits per heavy atom. The first-order valence-electron chi connectivity index (χ1n) is 20.6. The van der Waals surface area contributed by atoms with Crippen molar-refractivity contribution >= 4 is 116 Å². The van der Waals surface area contributed by atoms with Gasteiger partial charge in [0.2, 0.25) is 5.89 Å². The number of para-hydroxylation sites is 1. The highest BCUT2D eigenvalue weighted by atomic mass is 32.1. The fourth-order valence-electron chi connectivity index (χ4n) is 10.4. The van der Waals surface area contributed by atoms with E-state index in [0.717, 1.165) is 55.5 Å². The highest BCUT2D eigenvalue weighted by Gasteiger charge is 2.44. The number of thiophene rings is 1. The Hall–Kier alpha value is -7.09. The van der Waals surface area contributed by atoms with Gasteiger partial charge in [-0.15, -0.1) is 11.3 Å². The quantitative estimate of drug-likeness (QED) is 0.164. The summed E-state index contributed by atoms with van der Waals surface area (Å²) in [6, 6.07) is 55.5. The first-order valence-corrected chi connectivity index (χ1v) is 21.5. The van der Waals surface area contributed by atoms with Crippen LogP contribution in [-0.4, -0.2) is 16.4 Å². The summed E-state index contributed by atoms with van der Waals surface area (Å²) in [5, 5.41) is 7.26. The zero-order chi connectivity index (χ0) is 39.6. The molecule has 60 heavy (non-hydrogen) atoms. The minimum absolute atomic E-state index is 0.0246. The maximum Gasteiger partial charge on any atom is 0.333 e. The van der Waals surface area contributed by atoms with Crippen LogP contribution in [0.3, 0.4) is 0 Å². The molecule has 0 unspecified atom stereocenters. The van der Waals surface area contributed by atoms with Gasteiger partial charge in [0.25, 0.3) is 0 Å². The van der Waals surface area contributed by atoms with Gasteiger partial charge < -0.3 is 18.2 Å². The lowest BCUT2D eigenvalue weighted by Crippen LogP contribution is -2.60. The molecule has 0 spiro atoms. The van der Waals surface area contributed by atoms with Crippen molar-refractivity contribution in [3.8, 4) is 28.3 Å². The summed E-state index contributed by atoms with van der Waals surface area (Å²) in [6.07, 6.45) is 0. The van der Waals surface area contributed by atoms with Crippen LogP contribution in [0.15, 0.2) is 160 Å². The summed E-state index contributed by atoms with van der Waals surface area (Å²) in [6.45, 7) is 6.70. The van der Waals surface area contributed by atoms with Gasteiger partial charge in [-0.3, -0.25) is 0 Å². The third kappa shape index (κ3) is 4.29. The van der Waals surface area contributed by atoms with E-state index in [1.165, 1.54) is 69.8 Å². The molecule has 0 saturated carbocycles. The van der Waals surface area contributed by atoms with Gasteiger partial charge in [-0.05, 0) is 88.1 Å².